The second-order valence-electron chi connectivity index (χ2n) is 2.97. The van der Waals surface area contributed by atoms with E-state index in [1.54, 1.807) is 13.2 Å². The molecule has 0 saturated heterocycles. The highest BCUT2D eigenvalue weighted by atomic mass is 79.9. The van der Waals surface area contributed by atoms with Gasteiger partial charge in [0.1, 0.15) is 0 Å². The van der Waals surface area contributed by atoms with Crippen LogP contribution < -0.4 is 5.56 Å². The number of hydrogen-bond acceptors (Lipinski definition) is 3. The highest BCUT2D eigenvalue weighted by Crippen LogP contribution is 2.00. The summed E-state index contributed by atoms with van der Waals surface area (Å²) in [6.07, 6.45) is 0. The van der Waals surface area contributed by atoms with Gasteiger partial charge in [-0.15, -0.1) is 0 Å². The van der Waals surface area contributed by atoms with E-state index in [0.717, 1.165) is 11.3 Å². The van der Waals surface area contributed by atoms with Crippen molar-refractivity contribution < 1.29 is 4.74 Å². The van der Waals surface area contributed by atoms with Gasteiger partial charge in [0.25, 0.3) is 5.56 Å². The van der Waals surface area contributed by atoms with Crippen LogP contribution in [0.4, 0.5) is 0 Å². The minimum atomic E-state index is -0.0514. The van der Waals surface area contributed by atoms with Gasteiger partial charge < -0.3 is 4.74 Å². The van der Waals surface area contributed by atoms with E-state index in [2.05, 4.69) is 21.0 Å². The number of ether oxygens (including phenoxy) is 1. The molecular formula is C9H13BrN2O2. The molecule has 0 amide bonds. The lowest BCUT2D eigenvalue weighted by atomic mass is 10.3. The molecule has 0 aliphatic rings. The zero-order valence-electron chi connectivity index (χ0n) is 8.29. The van der Waals surface area contributed by atoms with E-state index in [4.69, 9.17) is 4.74 Å². The molecule has 5 heteroatoms. The Morgan fingerprint density at radius 3 is 2.93 bits per heavy atom. The molecule has 4 nitrogen and oxygen atoms in total. The zero-order chi connectivity index (χ0) is 10.6. The van der Waals surface area contributed by atoms with Crippen molar-refractivity contribution in [3.63, 3.8) is 0 Å². The fourth-order valence-corrected chi connectivity index (χ4v) is 1.57. The summed E-state index contributed by atoms with van der Waals surface area (Å²) in [4.78, 5) is 11.7. The molecule has 0 aliphatic carbocycles. The van der Waals surface area contributed by atoms with Crippen molar-refractivity contribution in [1.82, 2.24) is 9.78 Å². The molecule has 0 saturated carbocycles. The van der Waals surface area contributed by atoms with Gasteiger partial charge in [-0.2, -0.15) is 5.10 Å². The van der Waals surface area contributed by atoms with Crippen LogP contribution in [-0.4, -0.2) is 23.5 Å². The maximum absolute atomic E-state index is 11.7. The van der Waals surface area contributed by atoms with Crippen molar-refractivity contribution >= 4 is 15.9 Å². The van der Waals surface area contributed by atoms with Crippen molar-refractivity contribution in [2.75, 3.05) is 13.7 Å². The monoisotopic (exact) mass is 260 g/mol. The molecule has 0 aliphatic heterocycles. The average molecular weight is 261 g/mol. The molecule has 1 heterocycles. The number of aromatic nitrogens is 2. The predicted molar refractivity (Wildman–Crippen MR) is 57.7 cm³/mol. The van der Waals surface area contributed by atoms with Crippen LogP contribution in [0.3, 0.4) is 0 Å². The first-order valence-corrected chi connectivity index (χ1v) is 5.43. The Morgan fingerprint density at radius 1 is 1.64 bits per heavy atom. The molecule has 1 aromatic rings. The molecular weight excluding hydrogens is 248 g/mol. The van der Waals surface area contributed by atoms with E-state index in [1.807, 2.05) is 6.92 Å². The number of hydrogen-bond donors (Lipinski definition) is 0. The molecule has 0 bridgehead atoms. The highest BCUT2D eigenvalue weighted by Gasteiger charge is 2.04. The molecule has 0 aromatic carbocycles. The Labute approximate surface area is 91.0 Å². The third-order valence-corrected chi connectivity index (χ3v) is 2.43. The quantitative estimate of drug-likeness (QED) is 0.762. The summed E-state index contributed by atoms with van der Waals surface area (Å²) < 4.78 is 6.34. The van der Waals surface area contributed by atoms with Crippen LogP contribution in [0.1, 0.15) is 11.3 Å². The van der Waals surface area contributed by atoms with Gasteiger partial charge in [0.05, 0.1) is 18.8 Å². The summed E-state index contributed by atoms with van der Waals surface area (Å²) >= 11 is 3.27. The molecule has 1 rings (SSSR count). The van der Waals surface area contributed by atoms with E-state index >= 15 is 0 Å². The summed E-state index contributed by atoms with van der Waals surface area (Å²) in [5.41, 5.74) is 1.52. The summed E-state index contributed by atoms with van der Waals surface area (Å²) in [6, 6.07) is 1.79. The van der Waals surface area contributed by atoms with Crippen LogP contribution in [0.15, 0.2) is 10.9 Å². The van der Waals surface area contributed by atoms with Gasteiger partial charge >= 0.3 is 0 Å². The van der Waals surface area contributed by atoms with Crippen LogP contribution in [0, 0.1) is 6.92 Å². The van der Waals surface area contributed by atoms with Crippen LogP contribution in [-0.2, 0) is 16.6 Å². The lowest BCUT2D eigenvalue weighted by Gasteiger charge is -2.06. The Morgan fingerprint density at radius 2 is 2.36 bits per heavy atom. The van der Waals surface area contributed by atoms with Crippen molar-refractivity contribution in [2.45, 2.75) is 18.8 Å². The van der Waals surface area contributed by atoms with E-state index in [9.17, 15) is 4.79 Å². The maximum atomic E-state index is 11.7. The van der Waals surface area contributed by atoms with Gasteiger partial charge in [-0.25, -0.2) is 4.68 Å². The minimum absolute atomic E-state index is 0.0514. The van der Waals surface area contributed by atoms with Crippen LogP contribution in [0.2, 0.25) is 0 Å². The van der Waals surface area contributed by atoms with E-state index in [-0.39, 0.29) is 5.56 Å². The summed E-state index contributed by atoms with van der Waals surface area (Å²) in [7, 11) is 1.60. The van der Waals surface area contributed by atoms with Crippen molar-refractivity contribution in [3.8, 4) is 0 Å². The number of alkyl halides is 1. The second-order valence-corrected chi connectivity index (χ2v) is 3.53. The first kappa shape index (κ1) is 11.4. The number of methoxy groups -OCH3 is 1. The Balaban J connectivity index is 3.03. The number of halogens is 1. The van der Waals surface area contributed by atoms with Crippen LogP contribution >= 0.6 is 15.9 Å². The van der Waals surface area contributed by atoms with Crippen molar-refractivity contribution in [3.05, 3.63) is 27.7 Å². The standard InChI is InChI=1S/C9H13BrN2O2/c1-7-5-8(6-10)9(13)12(11-7)3-4-14-2/h5H,3-4,6H2,1-2H3. The Bertz CT molecular complexity index is 362. The zero-order valence-corrected chi connectivity index (χ0v) is 9.87. The SMILES string of the molecule is COCCn1nc(C)cc(CBr)c1=O. The van der Waals surface area contributed by atoms with Gasteiger partial charge in [-0.3, -0.25) is 4.79 Å². The number of rotatable bonds is 4. The van der Waals surface area contributed by atoms with Crippen LogP contribution in [0.25, 0.3) is 0 Å². The van der Waals surface area contributed by atoms with Gasteiger partial charge in [-0.05, 0) is 13.0 Å². The van der Waals surface area contributed by atoms with E-state index in [1.165, 1.54) is 4.68 Å². The van der Waals surface area contributed by atoms with Gasteiger partial charge in [-0.1, -0.05) is 15.9 Å². The minimum Gasteiger partial charge on any atom is -0.383 e. The number of aryl methyl sites for hydroxylation is 1. The summed E-state index contributed by atoms with van der Waals surface area (Å²) in [5.74, 6) is 0. The molecule has 0 radical (unpaired) electrons. The van der Waals surface area contributed by atoms with Gasteiger partial charge in [0, 0.05) is 18.0 Å². The molecule has 0 fully saturated rings. The lowest BCUT2D eigenvalue weighted by molar-refractivity contribution is 0.181. The maximum Gasteiger partial charge on any atom is 0.270 e. The molecule has 78 valence electrons. The largest absolute Gasteiger partial charge is 0.383 e. The molecule has 0 atom stereocenters. The first-order valence-electron chi connectivity index (χ1n) is 4.31. The average Bonchev–Trinajstić information content (AvgIpc) is 2.18. The summed E-state index contributed by atoms with van der Waals surface area (Å²) in [6.45, 7) is 2.87. The third-order valence-electron chi connectivity index (χ3n) is 1.82. The topological polar surface area (TPSA) is 44.1 Å². The lowest BCUT2D eigenvalue weighted by Crippen LogP contribution is -2.27. The molecule has 0 N–H and O–H groups in total. The van der Waals surface area contributed by atoms with Crippen LogP contribution in [0.5, 0.6) is 0 Å². The van der Waals surface area contributed by atoms with Gasteiger partial charge in [0.15, 0.2) is 0 Å². The first-order chi connectivity index (χ1) is 6.69. The second kappa shape index (κ2) is 5.26. The normalized spacial score (nSPS) is 10.5. The molecule has 0 unspecified atom stereocenters. The molecule has 0 spiro atoms. The fourth-order valence-electron chi connectivity index (χ4n) is 1.17. The van der Waals surface area contributed by atoms with E-state index < -0.39 is 0 Å². The highest BCUT2D eigenvalue weighted by molar-refractivity contribution is 9.08. The molecule has 14 heavy (non-hydrogen) atoms. The van der Waals surface area contributed by atoms with Crippen molar-refractivity contribution in [2.24, 2.45) is 0 Å². The van der Waals surface area contributed by atoms with Gasteiger partial charge in [0.2, 0.25) is 0 Å². The van der Waals surface area contributed by atoms with E-state index in [0.29, 0.717) is 18.5 Å². The predicted octanol–water partition coefficient (Wildman–Crippen LogP) is 1.09. The fraction of sp³-hybridized carbons (Fsp3) is 0.556. The summed E-state index contributed by atoms with van der Waals surface area (Å²) in [5, 5.41) is 4.68. The smallest absolute Gasteiger partial charge is 0.270 e. The Kier molecular flexibility index (Phi) is 4.28. The number of nitrogens with zero attached hydrogens (tertiary/aromatic N) is 2. The molecule has 1 aromatic heterocycles. The third kappa shape index (κ3) is 2.65. The van der Waals surface area contributed by atoms with Crippen molar-refractivity contribution in [1.29, 1.82) is 0 Å². The Hall–Kier alpha value is -0.680.